The zero-order valence-corrected chi connectivity index (χ0v) is 10.4. The van der Waals surface area contributed by atoms with Crippen molar-refractivity contribution < 1.29 is 35.2 Å². The Labute approximate surface area is 109 Å². The van der Waals surface area contributed by atoms with Gasteiger partial charge in [-0.2, -0.15) is 0 Å². The van der Waals surface area contributed by atoms with Crippen LogP contribution in [0.25, 0.3) is 0 Å². The Balaban J connectivity index is 0. The lowest BCUT2D eigenvalue weighted by molar-refractivity contribution is -0.152. The van der Waals surface area contributed by atoms with Gasteiger partial charge in [0.05, 0.1) is 13.0 Å². The molecule has 0 saturated heterocycles. The van der Waals surface area contributed by atoms with Crippen molar-refractivity contribution in [3.63, 3.8) is 0 Å². The number of nitrogens with two attached hydrogens (primary N) is 1. The van der Waals surface area contributed by atoms with E-state index < -0.39 is 36.4 Å². The largest absolute Gasteiger partial charge is 0.481 e. The van der Waals surface area contributed by atoms with Gasteiger partial charge in [0.2, 0.25) is 0 Å². The first kappa shape index (κ1) is 19.6. The van der Waals surface area contributed by atoms with Crippen LogP contribution in [0.3, 0.4) is 0 Å². The smallest absolute Gasteiger partial charge is 0.324 e. The molecule has 0 aromatic carbocycles. The maximum Gasteiger partial charge on any atom is 0.324 e. The summed E-state index contributed by atoms with van der Waals surface area (Å²) in [6.45, 7) is -0.246. The van der Waals surface area contributed by atoms with Gasteiger partial charge in [-0.1, -0.05) is 0 Å². The second-order valence-electron chi connectivity index (χ2n) is 3.95. The number of carboxylic acid groups (broad SMARTS) is 3. The average molecular weight is 280 g/mol. The molecule has 9 heteroatoms. The van der Waals surface area contributed by atoms with Crippen LogP contribution >= 0.6 is 0 Å². The minimum Gasteiger partial charge on any atom is -0.481 e. The Kier molecular flexibility index (Phi) is 9.56. The molecule has 9 nitrogen and oxygen atoms in total. The fraction of sp³-hybridized carbons (Fsp3) is 0.700. The third-order valence-corrected chi connectivity index (χ3v) is 2.50. The van der Waals surface area contributed by atoms with Crippen molar-refractivity contribution in [1.82, 2.24) is 5.32 Å². The molecule has 0 rings (SSSR count). The van der Waals surface area contributed by atoms with Gasteiger partial charge in [0.1, 0.15) is 5.54 Å². The number of aliphatic carboxylic acids is 3. The summed E-state index contributed by atoms with van der Waals surface area (Å²) < 4.78 is 0. The summed E-state index contributed by atoms with van der Waals surface area (Å²) in [6.07, 6.45) is 0.283. The predicted molar refractivity (Wildman–Crippen MR) is 64.8 cm³/mol. The minimum atomic E-state index is -1.76. The maximum atomic E-state index is 11.2. The molecule has 0 aromatic rings. The Hall–Kier alpha value is -1.71. The predicted octanol–water partition coefficient (Wildman–Crippen LogP) is -1.74. The topological polar surface area (TPSA) is 181 Å². The Morgan fingerprint density at radius 1 is 1.05 bits per heavy atom. The molecule has 0 aliphatic carbocycles. The summed E-state index contributed by atoms with van der Waals surface area (Å²) >= 11 is 0. The van der Waals surface area contributed by atoms with E-state index in [-0.39, 0.29) is 11.9 Å². The van der Waals surface area contributed by atoms with E-state index in [9.17, 15) is 14.4 Å². The van der Waals surface area contributed by atoms with Gasteiger partial charge < -0.3 is 26.5 Å². The Bertz CT molecular complexity index is 321. The first-order chi connectivity index (χ1) is 8.34. The van der Waals surface area contributed by atoms with Gasteiger partial charge in [0.15, 0.2) is 0 Å². The fourth-order valence-corrected chi connectivity index (χ4v) is 1.57. The Morgan fingerprint density at radius 3 is 2.00 bits per heavy atom. The van der Waals surface area contributed by atoms with Crippen LogP contribution in [0.15, 0.2) is 0 Å². The molecule has 112 valence electrons. The quantitative estimate of drug-likeness (QED) is 0.292. The van der Waals surface area contributed by atoms with Gasteiger partial charge in [-0.3, -0.25) is 19.7 Å². The molecule has 0 aliphatic heterocycles. The summed E-state index contributed by atoms with van der Waals surface area (Å²) in [5.41, 5.74) is 3.51. The van der Waals surface area contributed by atoms with Gasteiger partial charge in [0, 0.05) is 0 Å². The van der Waals surface area contributed by atoms with Crippen LogP contribution in [0.5, 0.6) is 0 Å². The molecular formula is C10H20N2O7. The molecule has 0 fully saturated rings. The zero-order valence-electron chi connectivity index (χ0n) is 10.4. The van der Waals surface area contributed by atoms with Crippen molar-refractivity contribution in [2.45, 2.75) is 31.2 Å². The highest BCUT2D eigenvalue weighted by atomic mass is 16.4. The highest BCUT2D eigenvalue weighted by molar-refractivity contribution is 5.85. The first-order valence-electron chi connectivity index (χ1n) is 5.46. The minimum absolute atomic E-state index is 0. The molecule has 0 aromatic heterocycles. The summed E-state index contributed by atoms with van der Waals surface area (Å²) in [4.78, 5) is 32.4. The van der Waals surface area contributed by atoms with E-state index in [0.717, 1.165) is 0 Å². The van der Waals surface area contributed by atoms with Crippen LogP contribution in [0, 0.1) is 0 Å². The molecule has 0 spiro atoms. The normalized spacial score (nSPS) is 13.1. The second kappa shape index (κ2) is 9.25. The van der Waals surface area contributed by atoms with Crippen LogP contribution in [-0.4, -0.2) is 57.3 Å². The van der Waals surface area contributed by atoms with E-state index >= 15 is 0 Å². The first-order valence-corrected chi connectivity index (χ1v) is 5.46. The van der Waals surface area contributed by atoms with Crippen LogP contribution in [0.1, 0.15) is 25.7 Å². The van der Waals surface area contributed by atoms with E-state index in [1.165, 1.54) is 0 Å². The molecule has 0 bridgehead atoms. The summed E-state index contributed by atoms with van der Waals surface area (Å²) in [5.74, 6) is -3.92. The molecule has 8 N–H and O–H groups in total. The number of carbonyl (C=O) groups is 3. The molecule has 0 unspecified atom stereocenters. The lowest BCUT2D eigenvalue weighted by Crippen LogP contribution is -2.55. The molecule has 0 saturated carbocycles. The number of rotatable bonds is 10. The average Bonchev–Trinajstić information content (AvgIpc) is 2.24. The molecule has 19 heavy (non-hydrogen) atoms. The van der Waals surface area contributed by atoms with Gasteiger partial charge in [0.25, 0.3) is 0 Å². The van der Waals surface area contributed by atoms with Crippen molar-refractivity contribution in [3.05, 3.63) is 0 Å². The molecule has 1 atom stereocenters. The SMILES string of the molecule is NCCCC[C@](CC(=O)O)(NCC(=O)O)C(=O)O.O. The fourth-order valence-electron chi connectivity index (χ4n) is 1.57. The third-order valence-electron chi connectivity index (χ3n) is 2.50. The Morgan fingerprint density at radius 2 is 1.63 bits per heavy atom. The standard InChI is InChI=1S/C10H18N2O6.H2O/c11-4-2-1-3-10(9(17)18,5-7(13)14)12-6-8(15)16;/h12H,1-6,11H2,(H,13,14)(H,15,16)(H,17,18);1H2/t10-;/m1./s1. The summed E-state index contributed by atoms with van der Waals surface area (Å²) in [5, 5.41) is 28.7. The lowest BCUT2D eigenvalue weighted by Gasteiger charge is -2.28. The van der Waals surface area contributed by atoms with Crippen LogP contribution < -0.4 is 11.1 Å². The van der Waals surface area contributed by atoms with Gasteiger partial charge in [-0.15, -0.1) is 0 Å². The molecule has 0 radical (unpaired) electrons. The van der Waals surface area contributed by atoms with Gasteiger partial charge in [-0.25, -0.2) is 0 Å². The van der Waals surface area contributed by atoms with Crippen molar-refractivity contribution in [2.75, 3.05) is 13.1 Å². The third kappa shape index (κ3) is 7.34. The number of hydrogen-bond acceptors (Lipinski definition) is 5. The number of nitrogens with one attached hydrogen (secondary N) is 1. The highest BCUT2D eigenvalue weighted by Gasteiger charge is 2.40. The number of hydrogen-bond donors (Lipinski definition) is 5. The lowest BCUT2D eigenvalue weighted by atomic mass is 9.88. The molecule has 0 amide bonds. The second-order valence-corrected chi connectivity index (χ2v) is 3.95. The molecule has 0 aliphatic rings. The number of carboxylic acids is 3. The van der Waals surface area contributed by atoms with Crippen molar-refractivity contribution in [3.8, 4) is 0 Å². The number of unbranched alkanes of at least 4 members (excludes halogenated alkanes) is 1. The summed E-state index contributed by atoms with van der Waals surface area (Å²) in [6, 6.07) is 0. The summed E-state index contributed by atoms with van der Waals surface area (Å²) in [7, 11) is 0. The van der Waals surface area contributed by atoms with Crippen LogP contribution in [0.2, 0.25) is 0 Å². The van der Waals surface area contributed by atoms with Crippen LogP contribution in [0.4, 0.5) is 0 Å². The van der Waals surface area contributed by atoms with E-state index in [1.54, 1.807) is 0 Å². The van der Waals surface area contributed by atoms with E-state index in [2.05, 4.69) is 5.32 Å². The molecular weight excluding hydrogens is 260 g/mol. The monoisotopic (exact) mass is 280 g/mol. The highest BCUT2D eigenvalue weighted by Crippen LogP contribution is 2.19. The van der Waals surface area contributed by atoms with Crippen molar-refractivity contribution in [1.29, 1.82) is 0 Å². The van der Waals surface area contributed by atoms with Gasteiger partial charge in [-0.05, 0) is 25.8 Å². The zero-order chi connectivity index (χ0) is 14.2. The van der Waals surface area contributed by atoms with Crippen molar-refractivity contribution in [2.24, 2.45) is 5.73 Å². The van der Waals surface area contributed by atoms with Crippen LogP contribution in [-0.2, 0) is 14.4 Å². The van der Waals surface area contributed by atoms with E-state index in [1.807, 2.05) is 0 Å². The van der Waals surface area contributed by atoms with E-state index in [0.29, 0.717) is 19.4 Å². The van der Waals surface area contributed by atoms with E-state index in [4.69, 9.17) is 21.1 Å². The maximum absolute atomic E-state index is 11.2. The van der Waals surface area contributed by atoms with Crippen molar-refractivity contribution >= 4 is 17.9 Å². The van der Waals surface area contributed by atoms with Gasteiger partial charge >= 0.3 is 17.9 Å². The molecule has 0 heterocycles.